The number of ether oxygens (including phenoxy) is 1. The zero-order valence-electron chi connectivity index (χ0n) is 18.7. The first-order valence-electron chi connectivity index (χ1n) is 10.5. The summed E-state index contributed by atoms with van der Waals surface area (Å²) in [5.74, 6) is 0.738. The quantitative estimate of drug-likeness (QED) is 0.259. The van der Waals surface area contributed by atoms with Crippen LogP contribution in [0, 0.1) is 0 Å². The fourth-order valence-electron chi connectivity index (χ4n) is 3.44. The Hall–Kier alpha value is -2.39. The van der Waals surface area contributed by atoms with Crippen LogP contribution in [0.15, 0.2) is 90.1 Å². The number of hydrogen-bond donors (Lipinski definition) is 2. The number of rotatable bonds is 10. The molecule has 4 aromatic rings. The van der Waals surface area contributed by atoms with E-state index in [1.165, 1.54) is 0 Å². The van der Waals surface area contributed by atoms with Crippen LogP contribution in [-0.4, -0.2) is 39.6 Å². The molecule has 0 atom stereocenters. The third kappa shape index (κ3) is 7.80. The van der Waals surface area contributed by atoms with E-state index in [9.17, 15) is 8.42 Å². The summed E-state index contributed by atoms with van der Waals surface area (Å²) in [6, 6.07) is 22.2. The van der Waals surface area contributed by atoms with Gasteiger partial charge in [0.15, 0.2) is 0 Å². The van der Waals surface area contributed by atoms with Crippen LogP contribution in [0.5, 0.6) is 5.75 Å². The lowest BCUT2D eigenvalue weighted by Crippen LogP contribution is -2.33. The van der Waals surface area contributed by atoms with Gasteiger partial charge in [0.2, 0.25) is 10.0 Å². The Labute approximate surface area is 222 Å². The standard InChI is InChI=1S/C25H24ClN3O3S.2ClH/c26-22-6-8-23(9-7-22)32-15-14-27-12-13-29-33(30,31)25-17-20(19-4-2-1-3-5-19)16-21-18-28-11-10-24(21)25;;/h1-11,16-18,27,29H,12-15H2;2*1H. The fourth-order valence-corrected chi connectivity index (χ4v) is 4.85. The Morgan fingerprint density at radius 3 is 2.34 bits per heavy atom. The number of nitrogens with zero attached hydrogens (tertiary/aromatic N) is 1. The Bertz CT molecular complexity index is 1320. The minimum Gasteiger partial charge on any atom is -0.492 e. The molecular weight excluding hydrogens is 529 g/mol. The lowest BCUT2D eigenvalue weighted by atomic mass is 10.0. The predicted octanol–water partition coefficient (Wildman–Crippen LogP) is 5.35. The smallest absolute Gasteiger partial charge is 0.241 e. The average Bonchev–Trinajstić information content (AvgIpc) is 2.84. The van der Waals surface area contributed by atoms with Crippen molar-refractivity contribution >= 4 is 57.2 Å². The third-order valence-electron chi connectivity index (χ3n) is 5.07. The van der Waals surface area contributed by atoms with Gasteiger partial charge in [-0.05, 0) is 53.6 Å². The molecule has 0 aliphatic carbocycles. The molecule has 0 radical (unpaired) electrons. The van der Waals surface area contributed by atoms with Crippen molar-refractivity contribution in [2.75, 3.05) is 26.2 Å². The molecule has 0 aliphatic rings. The number of hydrogen-bond acceptors (Lipinski definition) is 5. The summed E-state index contributed by atoms with van der Waals surface area (Å²) in [7, 11) is -3.72. The Balaban J connectivity index is 0.00000216. The maximum absolute atomic E-state index is 13.1. The number of fused-ring (bicyclic) bond motifs is 1. The molecular formula is C25H26Cl3N3O3S. The van der Waals surface area contributed by atoms with E-state index in [0.29, 0.717) is 30.1 Å². The van der Waals surface area contributed by atoms with Crippen molar-refractivity contribution in [3.63, 3.8) is 0 Å². The van der Waals surface area contributed by atoms with Gasteiger partial charge < -0.3 is 10.1 Å². The number of nitrogens with one attached hydrogen (secondary N) is 2. The van der Waals surface area contributed by atoms with Crippen molar-refractivity contribution in [3.05, 3.63) is 90.2 Å². The fraction of sp³-hybridized carbons (Fsp3) is 0.160. The van der Waals surface area contributed by atoms with Gasteiger partial charge >= 0.3 is 0 Å². The van der Waals surface area contributed by atoms with Crippen LogP contribution < -0.4 is 14.8 Å². The van der Waals surface area contributed by atoms with E-state index >= 15 is 0 Å². The van der Waals surface area contributed by atoms with Gasteiger partial charge in [-0.25, -0.2) is 13.1 Å². The summed E-state index contributed by atoms with van der Waals surface area (Å²) >= 11 is 5.86. The summed E-state index contributed by atoms with van der Waals surface area (Å²) in [6.07, 6.45) is 3.29. The van der Waals surface area contributed by atoms with Gasteiger partial charge in [0, 0.05) is 47.8 Å². The molecule has 0 bridgehead atoms. The molecule has 0 saturated heterocycles. The Morgan fingerprint density at radius 1 is 0.857 bits per heavy atom. The van der Waals surface area contributed by atoms with Crippen molar-refractivity contribution < 1.29 is 13.2 Å². The first-order chi connectivity index (χ1) is 16.0. The van der Waals surface area contributed by atoms with Crippen LogP contribution in [0.3, 0.4) is 0 Å². The average molecular weight is 555 g/mol. The molecule has 0 amide bonds. The van der Waals surface area contributed by atoms with Crippen molar-refractivity contribution in [2.24, 2.45) is 0 Å². The predicted molar refractivity (Wildman–Crippen MR) is 147 cm³/mol. The molecule has 10 heteroatoms. The topological polar surface area (TPSA) is 80.3 Å². The molecule has 4 rings (SSSR count). The minimum atomic E-state index is -3.72. The number of pyridine rings is 1. The van der Waals surface area contributed by atoms with Gasteiger partial charge in [0.05, 0.1) is 4.90 Å². The first-order valence-corrected chi connectivity index (χ1v) is 12.4. The summed E-state index contributed by atoms with van der Waals surface area (Å²) in [5, 5.41) is 5.25. The van der Waals surface area contributed by atoms with Crippen LogP contribution >= 0.6 is 36.4 Å². The monoisotopic (exact) mass is 553 g/mol. The lowest BCUT2D eigenvalue weighted by molar-refractivity contribution is 0.314. The van der Waals surface area contributed by atoms with Crippen molar-refractivity contribution in [2.45, 2.75) is 4.90 Å². The highest BCUT2D eigenvalue weighted by Gasteiger charge is 2.18. The third-order valence-corrected chi connectivity index (χ3v) is 6.82. The maximum Gasteiger partial charge on any atom is 0.241 e. The molecule has 0 unspecified atom stereocenters. The molecule has 2 N–H and O–H groups in total. The second kappa shape index (κ2) is 13.6. The van der Waals surface area contributed by atoms with Crippen LogP contribution in [0.1, 0.15) is 0 Å². The number of benzene rings is 3. The van der Waals surface area contributed by atoms with Crippen LogP contribution in [0.2, 0.25) is 5.02 Å². The summed E-state index contributed by atoms with van der Waals surface area (Å²) in [6.45, 7) is 1.78. The highest BCUT2D eigenvalue weighted by Crippen LogP contribution is 2.30. The molecule has 0 spiro atoms. The van der Waals surface area contributed by atoms with Crippen molar-refractivity contribution in [1.29, 1.82) is 0 Å². The lowest BCUT2D eigenvalue weighted by Gasteiger charge is -2.13. The summed E-state index contributed by atoms with van der Waals surface area (Å²) in [5.41, 5.74) is 1.77. The number of halogens is 3. The molecule has 0 saturated carbocycles. The van der Waals surface area contributed by atoms with Crippen LogP contribution in [-0.2, 0) is 10.0 Å². The Kier molecular flexibility index (Phi) is 11.2. The molecule has 186 valence electrons. The highest BCUT2D eigenvalue weighted by molar-refractivity contribution is 7.89. The first kappa shape index (κ1) is 28.8. The molecule has 0 aliphatic heterocycles. The van der Waals surface area contributed by atoms with Crippen molar-refractivity contribution in [3.8, 4) is 16.9 Å². The normalized spacial score (nSPS) is 10.9. The molecule has 3 aromatic carbocycles. The molecule has 6 nitrogen and oxygen atoms in total. The molecule has 1 heterocycles. The zero-order chi connectivity index (χ0) is 23.1. The molecule has 1 aromatic heterocycles. The number of aromatic nitrogens is 1. The highest BCUT2D eigenvalue weighted by atomic mass is 35.5. The molecule has 0 fully saturated rings. The van der Waals surface area contributed by atoms with Gasteiger partial charge in [0.25, 0.3) is 0 Å². The second-order valence-corrected chi connectivity index (χ2v) is 9.56. The van der Waals surface area contributed by atoms with E-state index in [4.69, 9.17) is 16.3 Å². The minimum absolute atomic E-state index is 0. The zero-order valence-corrected chi connectivity index (χ0v) is 21.9. The number of sulfonamides is 1. The van der Waals surface area contributed by atoms with E-state index in [-0.39, 0.29) is 36.3 Å². The van der Waals surface area contributed by atoms with Crippen LogP contribution in [0.4, 0.5) is 0 Å². The van der Waals surface area contributed by atoms with E-state index < -0.39 is 10.0 Å². The van der Waals surface area contributed by atoms with E-state index in [1.54, 1.807) is 48.8 Å². The van der Waals surface area contributed by atoms with Crippen molar-refractivity contribution in [1.82, 2.24) is 15.0 Å². The summed E-state index contributed by atoms with van der Waals surface area (Å²) < 4.78 is 34.6. The van der Waals surface area contributed by atoms with Gasteiger partial charge in [0.1, 0.15) is 12.4 Å². The Morgan fingerprint density at radius 2 is 1.60 bits per heavy atom. The summed E-state index contributed by atoms with van der Waals surface area (Å²) in [4.78, 5) is 4.40. The van der Waals surface area contributed by atoms with E-state index in [0.717, 1.165) is 22.3 Å². The van der Waals surface area contributed by atoms with Gasteiger partial charge in [-0.15, -0.1) is 24.8 Å². The van der Waals surface area contributed by atoms with Gasteiger partial charge in [-0.1, -0.05) is 41.9 Å². The second-order valence-electron chi connectivity index (χ2n) is 7.39. The van der Waals surface area contributed by atoms with E-state index in [1.807, 2.05) is 36.4 Å². The maximum atomic E-state index is 13.1. The van der Waals surface area contributed by atoms with Crippen LogP contribution in [0.25, 0.3) is 21.9 Å². The SMILES string of the molecule is Cl.Cl.O=S(=O)(NCCNCCOc1ccc(Cl)cc1)c1cc(-c2ccccc2)cc2cnccc12. The van der Waals surface area contributed by atoms with E-state index in [2.05, 4.69) is 15.0 Å². The van der Waals surface area contributed by atoms with Gasteiger partial charge in [-0.3, -0.25) is 4.98 Å². The largest absolute Gasteiger partial charge is 0.492 e. The van der Waals surface area contributed by atoms with Gasteiger partial charge in [-0.2, -0.15) is 0 Å². The molecule has 35 heavy (non-hydrogen) atoms.